The number of aromatic nitrogens is 2. The van der Waals surface area contributed by atoms with E-state index in [1.165, 1.54) is 24.5 Å². The minimum Gasteiger partial charge on any atom is -0.350 e. The summed E-state index contributed by atoms with van der Waals surface area (Å²) in [5, 5.41) is 11.7. The van der Waals surface area contributed by atoms with Crippen molar-refractivity contribution in [3.05, 3.63) is 88.7 Å². The summed E-state index contributed by atoms with van der Waals surface area (Å²) in [6.07, 6.45) is -2.00. The fraction of sp³-hybridized carbons (Fsp3) is 0.100. The number of halogens is 3. The molecule has 0 spiro atoms. The number of nitrogens with one attached hydrogen (secondary N) is 1. The fourth-order valence-corrected chi connectivity index (χ4v) is 2.42. The van der Waals surface area contributed by atoms with E-state index >= 15 is 0 Å². The van der Waals surface area contributed by atoms with E-state index in [0.717, 1.165) is 17.7 Å². The van der Waals surface area contributed by atoms with Crippen molar-refractivity contribution in [3.8, 4) is 6.07 Å². The van der Waals surface area contributed by atoms with Crippen LogP contribution < -0.4 is 5.32 Å². The van der Waals surface area contributed by atoms with Gasteiger partial charge in [0.1, 0.15) is 0 Å². The number of nitriles is 1. The summed E-state index contributed by atoms with van der Waals surface area (Å²) in [6.45, 7) is 0.409. The van der Waals surface area contributed by atoms with Gasteiger partial charge < -0.3 is 5.32 Å². The number of rotatable bonds is 5. The van der Waals surface area contributed by atoms with Crippen LogP contribution in [0.1, 0.15) is 32.6 Å². The van der Waals surface area contributed by atoms with E-state index in [2.05, 4.69) is 15.3 Å². The van der Waals surface area contributed by atoms with E-state index in [0.29, 0.717) is 12.1 Å². The van der Waals surface area contributed by atoms with Gasteiger partial charge in [-0.2, -0.15) is 18.4 Å². The van der Waals surface area contributed by atoms with Crippen LogP contribution in [0.4, 0.5) is 19.1 Å². The van der Waals surface area contributed by atoms with Crippen molar-refractivity contribution in [3.63, 3.8) is 0 Å². The molecule has 0 bridgehead atoms. The summed E-state index contributed by atoms with van der Waals surface area (Å²) in [6, 6.07) is 13.2. The SMILES string of the molecule is N#Cc1ccc(CNc2ncc(C(=O)c3cccc(C(F)(F)F)c3)cn2)cc1. The number of benzene rings is 2. The molecular weight excluding hydrogens is 369 g/mol. The molecule has 3 rings (SSSR count). The van der Waals surface area contributed by atoms with Gasteiger partial charge in [0.05, 0.1) is 22.8 Å². The first-order chi connectivity index (χ1) is 13.4. The lowest BCUT2D eigenvalue weighted by Crippen LogP contribution is -2.09. The highest BCUT2D eigenvalue weighted by Gasteiger charge is 2.31. The smallest absolute Gasteiger partial charge is 0.350 e. The summed E-state index contributed by atoms with van der Waals surface area (Å²) < 4.78 is 38.4. The van der Waals surface area contributed by atoms with Gasteiger partial charge in [-0.05, 0) is 29.8 Å². The van der Waals surface area contributed by atoms with Crippen LogP contribution >= 0.6 is 0 Å². The van der Waals surface area contributed by atoms with Crippen molar-refractivity contribution in [2.24, 2.45) is 0 Å². The second kappa shape index (κ2) is 7.88. The van der Waals surface area contributed by atoms with Crippen LogP contribution in [-0.4, -0.2) is 15.8 Å². The Kier molecular flexibility index (Phi) is 5.36. The molecule has 0 unspecified atom stereocenters. The van der Waals surface area contributed by atoms with Crippen LogP contribution in [0.2, 0.25) is 0 Å². The fourth-order valence-electron chi connectivity index (χ4n) is 2.42. The van der Waals surface area contributed by atoms with Crippen molar-refractivity contribution in [1.29, 1.82) is 5.26 Å². The Hall–Kier alpha value is -3.73. The molecule has 3 aromatic rings. The molecule has 0 aliphatic rings. The number of alkyl halides is 3. The number of nitrogens with zero attached hydrogens (tertiary/aromatic N) is 3. The van der Waals surface area contributed by atoms with Gasteiger partial charge >= 0.3 is 6.18 Å². The Balaban J connectivity index is 1.68. The van der Waals surface area contributed by atoms with E-state index in [-0.39, 0.29) is 17.1 Å². The van der Waals surface area contributed by atoms with E-state index in [4.69, 9.17) is 5.26 Å². The van der Waals surface area contributed by atoms with Crippen molar-refractivity contribution in [2.75, 3.05) is 5.32 Å². The van der Waals surface area contributed by atoms with Crippen molar-refractivity contribution < 1.29 is 18.0 Å². The Morgan fingerprint density at radius 1 is 1.04 bits per heavy atom. The lowest BCUT2D eigenvalue weighted by atomic mass is 10.0. The van der Waals surface area contributed by atoms with Gasteiger partial charge in [-0.25, -0.2) is 9.97 Å². The number of hydrogen-bond donors (Lipinski definition) is 1. The zero-order valence-electron chi connectivity index (χ0n) is 14.4. The average molecular weight is 382 g/mol. The highest BCUT2D eigenvalue weighted by molar-refractivity contribution is 6.08. The maximum atomic E-state index is 12.8. The molecule has 1 heterocycles. The third kappa shape index (κ3) is 4.51. The Labute approximate surface area is 158 Å². The van der Waals surface area contributed by atoms with Crippen LogP contribution in [0, 0.1) is 11.3 Å². The molecule has 1 N–H and O–H groups in total. The second-order valence-electron chi connectivity index (χ2n) is 5.87. The number of carbonyl (C=O) groups excluding carboxylic acids is 1. The van der Waals surface area contributed by atoms with Gasteiger partial charge in [0.2, 0.25) is 5.95 Å². The molecule has 0 fully saturated rings. The Bertz CT molecular complexity index is 1020. The van der Waals surface area contributed by atoms with E-state index in [9.17, 15) is 18.0 Å². The van der Waals surface area contributed by atoms with Crippen LogP contribution in [0.5, 0.6) is 0 Å². The zero-order chi connectivity index (χ0) is 20.1. The highest BCUT2D eigenvalue weighted by atomic mass is 19.4. The molecule has 28 heavy (non-hydrogen) atoms. The van der Waals surface area contributed by atoms with Crippen molar-refractivity contribution in [2.45, 2.75) is 12.7 Å². The van der Waals surface area contributed by atoms with E-state index < -0.39 is 17.5 Å². The predicted molar refractivity (Wildman–Crippen MR) is 95.4 cm³/mol. The van der Waals surface area contributed by atoms with Crippen LogP contribution in [0.15, 0.2) is 60.9 Å². The lowest BCUT2D eigenvalue weighted by molar-refractivity contribution is -0.137. The molecule has 2 aromatic carbocycles. The van der Waals surface area contributed by atoms with Crippen LogP contribution in [0.25, 0.3) is 0 Å². The number of carbonyl (C=O) groups is 1. The zero-order valence-corrected chi connectivity index (χ0v) is 14.4. The molecule has 0 atom stereocenters. The number of ketones is 1. The molecule has 0 radical (unpaired) electrons. The number of hydrogen-bond acceptors (Lipinski definition) is 5. The maximum absolute atomic E-state index is 12.8. The summed E-state index contributed by atoms with van der Waals surface area (Å²) in [5.41, 5.74) is 0.573. The van der Waals surface area contributed by atoms with Gasteiger partial charge in [-0.3, -0.25) is 4.79 Å². The standard InChI is InChI=1S/C20H13F3N4O/c21-20(22,23)17-3-1-2-15(8-17)18(28)16-11-26-19(27-12-16)25-10-14-6-4-13(9-24)5-7-14/h1-8,11-12H,10H2,(H,25,26,27). The minimum absolute atomic E-state index is 0.0863. The molecule has 0 amide bonds. The van der Waals surface area contributed by atoms with Gasteiger partial charge in [0.15, 0.2) is 5.78 Å². The first-order valence-corrected chi connectivity index (χ1v) is 8.14. The van der Waals surface area contributed by atoms with Gasteiger partial charge in [-0.15, -0.1) is 0 Å². The summed E-state index contributed by atoms with van der Waals surface area (Å²) >= 11 is 0. The Morgan fingerprint density at radius 2 is 1.71 bits per heavy atom. The molecule has 0 saturated heterocycles. The molecule has 0 aliphatic carbocycles. The quantitative estimate of drug-likeness (QED) is 0.669. The number of anilines is 1. The molecule has 1 aromatic heterocycles. The minimum atomic E-state index is -4.52. The largest absolute Gasteiger partial charge is 0.416 e. The first kappa shape index (κ1) is 19.0. The summed E-state index contributed by atoms with van der Waals surface area (Å²) in [5.74, 6) is -0.324. The third-order valence-electron chi connectivity index (χ3n) is 3.90. The van der Waals surface area contributed by atoms with Gasteiger partial charge in [0, 0.05) is 24.5 Å². The van der Waals surface area contributed by atoms with Gasteiger partial charge in [-0.1, -0.05) is 24.3 Å². The average Bonchev–Trinajstić information content (AvgIpc) is 2.72. The normalized spacial score (nSPS) is 10.9. The van der Waals surface area contributed by atoms with E-state index in [1.54, 1.807) is 24.3 Å². The van der Waals surface area contributed by atoms with Gasteiger partial charge in [0.25, 0.3) is 0 Å². The molecule has 140 valence electrons. The highest BCUT2D eigenvalue weighted by Crippen LogP contribution is 2.29. The summed E-state index contributed by atoms with van der Waals surface area (Å²) in [4.78, 5) is 20.4. The monoisotopic (exact) mass is 382 g/mol. The topological polar surface area (TPSA) is 78.7 Å². The van der Waals surface area contributed by atoms with Crippen molar-refractivity contribution >= 4 is 11.7 Å². The van der Waals surface area contributed by atoms with Crippen LogP contribution in [0.3, 0.4) is 0 Å². The van der Waals surface area contributed by atoms with Crippen LogP contribution in [-0.2, 0) is 12.7 Å². The van der Waals surface area contributed by atoms with E-state index in [1.807, 2.05) is 6.07 Å². The predicted octanol–water partition coefficient (Wildman–Crippen LogP) is 4.21. The maximum Gasteiger partial charge on any atom is 0.416 e. The summed E-state index contributed by atoms with van der Waals surface area (Å²) in [7, 11) is 0. The first-order valence-electron chi connectivity index (χ1n) is 8.14. The molecule has 5 nitrogen and oxygen atoms in total. The molecular formula is C20H13F3N4O. The molecule has 8 heteroatoms. The molecule has 0 aliphatic heterocycles. The second-order valence-corrected chi connectivity index (χ2v) is 5.87. The molecule has 0 saturated carbocycles. The lowest BCUT2D eigenvalue weighted by Gasteiger charge is -2.08. The van der Waals surface area contributed by atoms with Crippen molar-refractivity contribution in [1.82, 2.24) is 9.97 Å². The Morgan fingerprint density at radius 3 is 2.32 bits per heavy atom. The third-order valence-corrected chi connectivity index (χ3v) is 3.90.